The van der Waals surface area contributed by atoms with Gasteiger partial charge < -0.3 is 11.1 Å². The number of rotatable bonds is 5. The highest BCUT2D eigenvalue weighted by Crippen LogP contribution is 2.36. The van der Waals surface area contributed by atoms with Crippen molar-refractivity contribution in [1.82, 2.24) is 5.32 Å². The van der Waals surface area contributed by atoms with E-state index < -0.39 is 29.3 Å². The highest BCUT2D eigenvalue weighted by atomic mass is 79.9. The van der Waals surface area contributed by atoms with Crippen molar-refractivity contribution in [3.63, 3.8) is 0 Å². The predicted molar refractivity (Wildman–Crippen MR) is 99.9 cm³/mol. The first kappa shape index (κ1) is 18.5. The summed E-state index contributed by atoms with van der Waals surface area (Å²) in [6.45, 7) is 0. The van der Waals surface area contributed by atoms with E-state index in [0.717, 1.165) is 22.1 Å². The molecule has 0 saturated heterocycles. The van der Waals surface area contributed by atoms with Gasteiger partial charge >= 0.3 is 5.92 Å². The van der Waals surface area contributed by atoms with Crippen molar-refractivity contribution in [3.8, 4) is 0 Å². The van der Waals surface area contributed by atoms with Crippen molar-refractivity contribution in [2.24, 2.45) is 5.73 Å². The molecule has 0 aliphatic heterocycles. The lowest BCUT2D eigenvalue weighted by Gasteiger charge is -2.21. The number of fused-ring (bicyclic) bond motifs is 1. The maximum atomic E-state index is 14.4. The normalized spacial score (nSPS) is 12.7. The zero-order chi connectivity index (χ0) is 18.9. The summed E-state index contributed by atoms with van der Waals surface area (Å²) >= 11 is 4.03. The third-order valence-corrected chi connectivity index (χ3v) is 5.61. The van der Waals surface area contributed by atoms with Gasteiger partial charge in [-0.3, -0.25) is 9.59 Å². The van der Waals surface area contributed by atoms with Crippen LogP contribution in [0.2, 0.25) is 0 Å². The summed E-state index contributed by atoms with van der Waals surface area (Å²) in [4.78, 5) is 24.0. The summed E-state index contributed by atoms with van der Waals surface area (Å²) in [7, 11) is 0. The first-order valence-electron chi connectivity index (χ1n) is 7.49. The van der Waals surface area contributed by atoms with E-state index in [1.807, 2.05) is 24.3 Å². The van der Waals surface area contributed by atoms with Crippen LogP contribution in [-0.2, 0) is 15.5 Å². The van der Waals surface area contributed by atoms with Crippen molar-refractivity contribution in [2.45, 2.75) is 12.0 Å². The summed E-state index contributed by atoms with van der Waals surface area (Å²) in [6.07, 6.45) is 0. The molecule has 0 aliphatic carbocycles. The van der Waals surface area contributed by atoms with Gasteiger partial charge in [0.15, 0.2) is 0 Å². The van der Waals surface area contributed by atoms with E-state index in [1.165, 1.54) is 10.8 Å². The van der Waals surface area contributed by atoms with Crippen LogP contribution in [0.4, 0.5) is 8.78 Å². The SMILES string of the molecule is NC(=O)C(NC(=O)C(F)(F)c1cscc1Br)c1ccc2ccccc2c1. The van der Waals surface area contributed by atoms with Crippen LogP contribution < -0.4 is 11.1 Å². The Morgan fingerprint density at radius 1 is 1.12 bits per heavy atom. The van der Waals surface area contributed by atoms with Crippen LogP contribution in [0.1, 0.15) is 17.2 Å². The molecule has 4 nitrogen and oxygen atoms in total. The smallest absolute Gasteiger partial charge is 0.351 e. The summed E-state index contributed by atoms with van der Waals surface area (Å²) in [5.41, 5.74) is 5.23. The van der Waals surface area contributed by atoms with Crippen molar-refractivity contribution >= 4 is 49.9 Å². The minimum atomic E-state index is -3.80. The number of primary amides is 1. The number of hydrogen-bond donors (Lipinski definition) is 2. The number of carbonyl (C=O) groups excluding carboxylic acids is 2. The lowest BCUT2D eigenvalue weighted by molar-refractivity contribution is -0.149. The number of hydrogen-bond acceptors (Lipinski definition) is 3. The fourth-order valence-electron chi connectivity index (χ4n) is 2.56. The molecule has 3 N–H and O–H groups in total. The molecule has 1 aromatic heterocycles. The summed E-state index contributed by atoms with van der Waals surface area (Å²) < 4.78 is 29.0. The molecule has 0 spiro atoms. The Kier molecular flexibility index (Phi) is 5.06. The fraction of sp³-hybridized carbons (Fsp3) is 0.111. The van der Waals surface area contributed by atoms with Crippen molar-refractivity contribution in [2.75, 3.05) is 0 Å². The molecule has 26 heavy (non-hydrogen) atoms. The highest BCUT2D eigenvalue weighted by molar-refractivity contribution is 9.10. The minimum Gasteiger partial charge on any atom is -0.368 e. The molecule has 2 amide bonds. The predicted octanol–water partition coefficient (Wildman–Crippen LogP) is 4.10. The Bertz CT molecular complexity index is 990. The van der Waals surface area contributed by atoms with Crippen LogP contribution in [0.3, 0.4) is 0 Å². The van der Waals surface area contributed by atoms with E-state index in [2.05, 4.69) is 21.2 Å². The number of amides is 2. The van der Waals surface area contributed by atoms with Gasteiger partial charge in [0.05, 0.1) is 5.56 Å². The Balaban J connectivity index is 1.92. The number of halogens is 3. The van der Waals surface area contributed by atoms with Gasteiger partial charge in [0.25, 0.3) is 5.91 Å². The number of alkyl halides is 2. The van der Waals surface area contributed by atoms with Crippen molar-refractivity contribution in [3.05, 3.63) is 68.8 Å². The van der Waals surface area contributed by atoms with E-state index in [1.54, 1.807) is 18.2 Å². The molecule has 1 heterocycles. The average Bonchev–Trinajstić information content (AvgIpc) is 3.05. The summed E-state index contributed by atoms with van der Waals surface area (Å²) in [6, 6.07) is 11.0. The quantitative estimate of drug-likeness (QED) is 0.629. The molecule has 1 atom stereocenters. The molecule has 0 aliphatic rings. The van der Waals surface area contributed by atoms with Crippen molar-refractivity contribution < 1.29 is 18.4 Å². The van der Waals surface area contributed by atoms with E-state index in [0.29, 0.717) is 5.56 Å². The van der Waals surface area contributed by atoms with Gasteiger partial charge in [-0.25, -0.2) is 0 Å². The monoisotopic (exact) mass is 438 g/mol. The van der Waals surface area contributed by atoms with E-state index >= 15 is 0 Å². The average molecular weight is 439 g/mol. The van der Waals surface area contributed by atoms with Gasteiger partial charge in [-0.05, 0) is 38.3 Å². The second-order valence-corrected chi connectivity index (χ2v) is 7.22. The Morgan fingerprint density at radius 3 is 2.42 bits per heavy atom. The fourth-order valence-corrected chi connectivity index (χ4v) is 4.12. The van der Waals surface area contributed by atoms with Crippen LogP contribution in [-0.4, -0.2) is 11.8 Å². The molecule has 1 unspecified atom stereocenters. The van der Waals surface area contributed by atoms with Crippen LogP contribution in [0.25, 0.3) is 10.8 Å². The molecule has 2 aromatic carbocycles. The first-order chi connectivity index (χ1) is 12.3. The molecule has 3 rings (SSSR count). The molecule has 3 aromatic rings. The van der Waals surface area contributed by atoms with Gasteiger partial charge in [-0.2, -0.15) is 20.1 Å². The van der Waals surface area contributed by atoms with E-state index in [-0.39, 0.29) is 4.47 Å². The Hall–Kier alpha value is -2.32. The number of thiophene rings is 1. The number of carbonyl (C=O) groups is 2. The maximum Gasteiger partial charge on any atom is 0.351 e. The molecule has 0 saturated carbocycles. The minimum absolute atomic E-state index is 0.129. The molecule has 0 bridgehead atoms. The zero-order valence-electron chi connectivity index (χ0n) is 13.2. The van der Waals surface area contributed by atoms with Crippen LogP contribution in [0.15, 0.2) is 57.7 Å². The van der Waals surface area contributed by atoms with E-state index in [4.69, 9.17) is 5.73 Å². The Morgan fingerprint density at radius 2 is 1.81 bits per heavy atom. The standard InChI is InChI=1S/C18H13BrF2N2O2S/c19-14-9-26-8-13(14)18(20,21)17(25)23-15(16(22)24)12-6-5-10-3-1-2-4-11(10)7-12/h1-9,15H,(H2,22,24)(H,23,25). The van der Waals surface area contributed by atoms with E-state index in [9.17, 15) is 18.4 Å². The summed E-state index contributed by atoms with van der Waals surface area (Å²) in [5.74, 6) is -6.31. The topological polar surface area (TPSA) is 72.2 Å². The van der Waals surface area contributed by atoms with Crippen LogP contribution in [0, 0.1) is 0 Å². The molecule has 8 heteroatoms. The number of nitrogens with two attached hydrogens (primary N) is 1. The van der Waals surface area contributed by atoms with Gasteiger partial charge in [0, 0.05) is 15.2 Å². The lowest BCUT2D eigenvalue weighted by atomic mass is 10.0. The number of nitrogens with one attached hydrogen (secondary N) is 1. The molecular weight excluding hydrogens is 426 g/mol. The lowest BCUT2D eigenvalue weighted by Crippen LogP contribution is -2.44. The maximum absolute atomic E-state index is 14.4. The second-order valence-electron chi connectivity index (χ2n) is 5.62. The van der Waals surface area contributed by atoms with Gasteiger partial charge in [-0.1, -0.05) is 36.4 Å². The van der Waals surface area contributed by atoms with Crippen LogP contribution in [0.5, 0.6) is 0 Å². The summed E-state index contributed by atoms with van der Waals surface area (Å²) in [5, 5.41) is 6.42. The van der Waals surface area contributed by atoms with Gasteiger partial charge in [-0.15, -0.1) is 0 Å². The second kappa shape index (κ2) is 7.13. The molecular formula is C18H13BrF2N2O2S. The van der Waals surface area contributed by atoms with Gasteiger partial charge in [0.1, 0.15) is 6.04 Å². The number of benzene rings is 2. The zero-order valence-corrected chi connectivity index (χ0v) is 15.6. The molecule has 0 radical (unpaired) electrons. The first-order valence-corrected chi connectivity index (χ1v) is 9.23. The third kappa shape index (κ3) is 3.47. The molecule has 134 valence electrons. The Labute approximate surface area is 160 Å². The molecule has 0 fully saturated rings. The van der Waals surface area contributed by atoms with Crippen molar-refractivity contribution in [1.29, 1.82) is 0 Å². The van der Waals surface area contributed by atoms with Crippen LogP contribution >= 0.6 is 27.3 Å². The largest absolute Gasteiger partial charge is 0.368 e. The van der Waals surface area contributed by atoms with Gasteiger partial charge in [0.2, 0.25) is 5.91 Å². The highest BCUT2D eigenvalue weighted by Gasteiger charge is 2.44. The third-order valence-electron chi connectivity index (χ3n) is 3.90.